The van der Waals surface area contributed by atoms with E-state index >= 15 is 0 Å². The molecule has 3 rings (SSSR count). The summed E-state index contributed by atoms with van der Waals surface area (Å²) in [5.41, 5.74) is 0.0642. The number of carbonyl (C=O) groups is 1. The molecule has 0 amide bonds. The van der Waals surface area contributed by atoms with E-state index in [1.54, 1.807) is 18.2 Å². The van der Waals surface area contributed by atoms with Crippen molar-refractivity contribution in [2.24, 2.45) is 0 Å². The van der Waals surface area contributed by atoms with E-state index in [2.05, 4.69) is 4.98 Å². The first-order valence-corrected chi connectivity index (χ1v) is 8.18. The Labute approximate surface area is 158 Å². The summed E-state index contributed by atoms with van der Waals surface area (Å²) in [5, 5.41) is 0.555. The molecule has 0 aliphatic heterocycles. The molecular weight excluding hydrogens is 375 g/mol. The van der Waals surface area contributed by atoms with E-state index in [4.69, 9.17) is 14.2 Å². The highest BCUT2D eigenvalue weighted by Crippen LogP contribution is 2.32. The fourth-order valence-electron chi connectivity index (χ4n) is 2.63. The fraction of sp³-hybridized carbons (Fsp3) is 0.200. The van der Waals surface area contributed by atoms with Crippen LogP contribution < -0.4 is 9.47 Å². The Morgan fingerprint density at radius 1 is 1.07 bits per heavy atom. The van der Waals surface area contributed by atoms with Crippen LogP contribution in [-0.2, 0) is 17.5 Å². The molecule has 2 aromatic carbocycles. The summed E-state index contributed by atoms with van der Waals surface area (Å²) in [6.45, 7) is -0.124. The van der Waals surface area contributed by atoms with E-state index in [9.17, 15) is 18.0 Å². The molecule has 0 saturated heterocycles. The lowest BCUT2D eigenvalue weighted by Crippen LogP contribution is -2.07. The monoisotopic (exact) mass is 391 g/mol. The van der Waals surface area contributed by atoms with Crippen molar-refractivity contribution in [3.63, 3.8) is 0 Å². The highest BCUT2D eigenvalue weighted by Gasteiger charge is 2.30. The molecule has 1 aromatic heterocycles. The number of hydrogen-bond acceptors (Lipinski definition) is 5. The maximum atomic E-state index is 12.9. The second-order valence-corrected chi connectivity index (χ2v) is 5.87. The number of fused-ring (bicyclic) bond motifs is 1. The second-order valence-electron chi connectivity index (χ2n) is 5.87. The minimum Gasteiger partial charge on any atom is -0.497 e. The molecule has 3 aromatic rings. The highest BCUT2D eigenvalue weighted by atomic mass is 19.4. The molecule has 0 fully saturated rings. The normalized spacial score (nSPS) is 11.3. The van der Waals surface area contributed by atoms with Gasteiger partial charge in [-0.1, -0.05) is 12.1 Å². The molecule has 0 aliphatic rings. The van der Waals surface area contributed by atoms with Crippen LogP contribution in [0.5, 0.6) is 11.5 Å². The van der Waals surface area contributed by atoms with E-state index in [-0.39, 0.29) is 18.1 Å². The predicted molar refractivity (Wildman–Crippen MR) is 95.4 cm³/mol. The van der Waals surface area contributed by atoms with E-state index < -0.39 is 17.7 Å². The smallest absolute Gasteiger partial charge is 0.416 e. The zero-order valence-corrected chi connectivity index (χ0v) is 15.0. The first-order valence-electron chi connectivity index (χ1n) is 8.18. The van der Waals surface area contributed by atoms with Crippen LogP contribution in [-0.4, -0.2) is 25.2 Å². The molecule has 5 nitrogen and oxygen atoms in total. The summed E-state index contributed by atoms with van der Waals surface area (Å²) >= 11 is 0. The number of carbonyl (C=O) groups excluding carboxylic acids is 1. The first kappa shape index (κ1) is 19.5. The van der Waals surface area contributed by atoms with Gasteiger partial charge in [-0.05, 0) is 35.9 Å². The third kappa shape index (κ3) is 4.16. The van der Waals surface area contributed by atoms with Gasteiger partial charge < -0.3 is 14.2 Å². The van der Waals surface area contributed by atoms with Crippen LogP contribution in [0.1, 0.15) is 21.6 Å². The molecule has 0 bridgehead atoms. The molecule has 28 heavy (non-hydrogen) atoms. The van der Waals surface area contributed by atoms with Crippen molar-refractivity contribution in [1.82, 2.24) is 4.98 Å². The van der Waals surface area contributed by atoms with E-state index in [0.29, 0.717) is 22.2 Å². The van der Waals surface area contributed by atoms with E-state index in [0.717, 1.165) is 12.1 Å². The van der Waals surface area contributed by atoms with Crippen molar-refractivity contribution in [2.45, 2.75) is 12.8 Å². The SMILES string of the molecule is COC(=O)c1cc(OCc2cccc(C(F)(F)F)c2)c2cc(OC)ccc2n1. The molecule has 0 atom stereocenters. The topological polar surface area (TPSA) is 57.7 Å². The number of ether oxygens (including phenoxy) is 3. The third-order valence-electron chi connectivity index (χ3n) is 4.02. The maximum Gasteiger partial charge on any atom is 0.416 e. The van der Waals surface area contributed by atoms with Gasteiger partial charge in [-0.25, -0.2) is 9.78 Å². The van der Waals surface area contributed by atoms with E-state index in [1.165, 1.54) is 32.4 Å². The van der Waals surface area contributed by atoms with Gasteiger partial charge >= 0.3 is 12.1 Å². The largest absolute Gasteiger partial charge is 0.497 e. The summed E-state index contributed by atoms with van der Waals surface area (Å²) in [5.74, 6) is 0.174. The summed E-state index contributed by atoms with van der Waals surface area (Å²) in [4.78, 5) is 16.1. The van der Waals surface area contributed by atoms with Gasteiger partial charge in [0.25, 0.3) is 0 Å². The van der Waals surface area contributed by atoms with Crippen LogP contribution in [0.3, 0.4) is 0 Å². The van der Waals surface area contributed by atoms with Gasteiger partial charge in [0.15, 0.2) is 5.69 Å². The molecule has 0 unspecified atom stereocenters. The second kappa shape index (κ2) is 7.75. The average Bonchev–Trinajstić information content (AvgIpc) is 2.70. The molecule has 1 heterocycles. The van der Waals surface area contributed by atoms with E-state index in [1.807, 2.05) is 0 Å². The van der Waals surface area contributed by atoms with Crippen molar-refractivity contribution >= 4 is 16.9 Å². The Morgan fingerprint density at radius 2 is 1.86 bits per heavy atom. The predicted octanol–water partition coefficient (Wildman–Crippen LogP) is 4.63. The van der Waals surface area contributed by atoms with Gasteiger partial charge in [-0.15, -0.1) is 0 Å². The molecule has 0 spiro atoms. The summed E-state index contributed by atoms with van der Waals surface area (Å²) in [6, 6.07) is 11.2. The zero-order valence-electron chi connectivity index (χ0n) is 15.0. The van der Waals surface area contributed by atoms with Crippen molar-refractivity contribution in [2.75, 3.05) is 14.2 Å². The molecule has 0 saturated carbocycles. The highest BCUT2D eigenvalue weighted by molar-refractivity contribution is 5.94. The number of nitrogens with zero attached hydrogens (tertiary/aromatic N) is 1. The van der Waals surface area contributed by atoms with Crippen LogP contribution in [0.4, 0.5) is 13.2 Å². The van der Waals surface area contributed by atoms with Crippen molar-refractivity contribution < 1.29 is 32.2 Å². The standard InChI is InChI=1S/C20H16F3NO4/c1-26-14-6-7-16-15(9-14)18(10-17(24-16)19(25)27-2)28-11-12-4-3-5-13(8-12)20(21,22)23/h3-10H,11H2,1-2H3. The Kier molecular flexibility index (Phi) is 5.39. The van der Waals surface area contributed by atoms with Crippen molar-refractivity contribution in [1.29, 1.82) is 0 Å². The summed E-state index contributed by atoms with van der Waals surface area (Å²) < 4.78 is 54.3. The third-order valence-corrected chi connectivity index (χ3v) is 4.02. The van der Waals surface area contributed by atoms with Crippen LogP contribution in [0.25, 0.3) is 10.9 Å². The zero-order chi connectivity index (χ0) is 20.3. The number of rotatable bonds is 5. The minimum absolute atomic E-state index is 0.0270. The number of methoxy groups -OCH3 is 2. The maximum absolute atomic E-state index is 12.9. The minimum atomic E-state index is -4.44. The Balaban J connectivity index is 1.98. The van der Waals surface area contributed by atoms with Gasteiger partial charge in [0.1, 0.15) is 18.1 Å². The van der Waals surface area contributed by atoms with Gasteiger partial charge in [0.2, 0.25) is 0 Å². The number of pyridine rings is 1. The molecular formula is C20H16F3NO4. The molecule has 146 valence electrons. The number of alkyl halides is 3. The van der Waals surface area contributed by atoms with Gasteiger partial charge in [-0.3, -0.25) is 0 Å². The quantitative estimate of drug-likeness (QED) is 0.594. The fourth-order valence-corrected chi connectivity index (χ4v) is 2.63. The Bertz CT molecular complexity index is 1020. The van der Waals surface area contributed by atoms with Gasteiger partial charge in [0, 0.05) is 11.5 Å². The number of esters is 1. The van der Waals surface area contributed by atoms with Crippen molar-refractivity contribution in [3.05, 3.63) is 65.4 Å². The summed E-state index contributed by atoms with van der Waals surface area (Å²) in [7, 11) is 2.73. The average molecular weight is 391 g/mol. The molecule has 0 N–H and O–H groups in total. The lowest BCUT2D eigenvalue weighted by atomic mass is 10.1. The molecule has 0 aliphatic carbocycles. The lowest BCUT2D eigenvalue weighted by molar-refractivity contribution is -0.137. The number of hydrogen-bond donors (Lipinski definition) is 0. The van der Waals surface area contributed by atoms with Crippen LogP contribution in [0, 0.1) is 0 Å². The van der Waals surface area contributed by atoms with Crippen LogP contribution >= 0.6 is 0 Å². The van der Waals surface area contributed by atoms with Crippen LogP contribution in [0.15, 0.2) is 48.5 Å². The number of aromatic nitrogens is 1. The summed E-state index contributed by atoms with van der Waals surface area (Å²) in [6.07, 6.45) is -4.44. The first-order chi connectivity index (χ1) is 13.3. The molecule has 8 heteroatoms. The number of halogens is 3. The Hall–Kier alpha value is -3.29. The van der Waals surface area contributed by atoms with Gasteiger partial charge in [0.05, 0.1) is 25.3 Å². The molecule has 0 radical (unpaired) electrons. The van der Waals surface area contributed by atoms with Gasteiger partial charge in [-0.2, -0.15) is 13.2 Å². The lowest BCUT2D eigenvalue weighted by Gasteiger charge is -2.13. The van der Waals surface area contributed by atoms with Crippen LogP contribution in [0.2, 0.25) is 0 Å². The Morgan fingerprint density at radius 3 is 2.54 bits per heavy atom. The number of benzene rings is 2. The van der Waals surface area contributed by atoms with Crippen molar-refractivity contribution in [3.8, 4) is 11.5 Å².